The Morgan fingerprint density at radius 3 is 2.28 bits per heavy atom. The first kappa shape index (κ1) is 27.2. The molecular formula is C30H23F3N2O4. The molecule has 0 aliphatic heterocycles. The van der Waals surface area contributed by atoms with Crippen LogP contribution < -0.4 is 10.3 Å². The van der Waals surface area contributed by atoms with Crippen LogP contribution in [-0.4, -0.2) is 22.2 Å². The van der Waals surface area contributed by atoms with E-state index in [0.717, 1.165) is 22.8 Å². The summed E-state index contributed by atoms with van der Waals surface area (Å²) < 4.78 is 48.0. The first-order valence-electron chi connectivity index (χ1n) is 11.8. The summed E-state index contributed by atoms with van der Waals surface area (Å²) in [5.41, 5.74) is 1.14. The van der Waals surface area contributed by atoms with E-state index in [1.54, 1.807) is 48.5 Å². The lowest BCUT2D eigenvalue weighted by molar-refractivity contribution is -0.139. The molecule has 0 radical (unpaired) electrons. The second-order valence-corrected chi connectivity index (χ2v) is 9.04. The highest BCUT2D eigenvalue weighted by Gasteiger charge is 2.36. The molecule has 1 heterocycles. The molecule has 0 amide bonds. The standard InChI is InChI=1S/C30H23F3N2O4/c1-18-6-7-23(19(2)12-18)16-35-27(14-26(30(31,32)33)25(15-34)29(35)38)21-10-8-20(9-11-21)22-4-3-5-24(13-22)39-17-28(36)37/h3-14H,16-17H2,1-2H3,(H,36,37). The van der Waals surface area contributed by atoms with Crippen molar-refractivity contribution >= 4 is 5.97 Å². The zero-order valence-electron chi connectivity index (χ0n) is 21.0. The fourth-order valence-corrected chi connectivity index (χ4v) is 4.31. The average molecular weight is 533 g/mol. The number of halogens is 3. The van der Waals surface area contributed by atoms with Crippen LogP contribution >= 0.6 is 0 Å². The van der Waals surface area contributed by atoms with Gasteiger partial charge in [0, 0.05) is 0 Å². The topological polar surface area (TPSA) is 92.3 Å². The fraction of sp³-hybridized carbons (Fsp3) is 0.167. The number of aromatic nitrogens is 1. The summed E-state index contributed by atoms with van der Waals surface area (Å²) in [4.78, 5) is 24.1. The normalized spacial score (nSPS) is 11.2. The van der Waals surface area contributed by atoms with Crippen molar-refractivity contribution in [2.75, 3.05) is 6.61 Å². The number of hydrogen-bond acceptors (Lipinski definition) is 4. The number of carboxylic acids is 1. The van der Waals surface area contributed by atoms with Gasteiger partial charge in [0.05, 0.1) is 17.8 Å². The molecule has 1 N–H and O–H groups in total. The van der Waals surface area contributed by atoms with Crippen molar-refractivity contribution in [3.63, 3.8) is 0 Å². The van der Waals surface area contributed by atoms with Crippen molar-refractivity contribution in [3.8, 4) is 34.2 Å². The Labute approximate surface area is 222 Å². The van der Waals surface area contributed by atoms with Gasteiger partial charge in [-0.2, -0.15) is 18.4 Å². The van der Waals surface area contributed by atoms with E-state index in [9.17, 15) is 28.0 Å². The third kappa shape index (κ3) is 6.02. The minimum Gasteiger partial charge on any atom is -0.482 e. The van der Waals surface area contributed by atoms with E-state index in [1.807, 2.05) is 32.0 Å². The monoisotopic (exact) mass is 532 g/mol. The highest BCUT2D eigenvalue weighted by atomic mass is 19.4. The lowest BCUT2D eigenvalue weighted by Gasteiger charge is -2.19. The number of carbonyl (C=O) groups is 1. The highest BCUT2D eigenvalue weighted by Crippen LogP contribution is 2.34. The number of pyridine rings is 1. The number of ether oxygens (including phenoxy) is 1. The Kier molecular flexibility index (Phi) is 7.58. The van der Waals surface area contributed by atoms with E-state index in [4.69, 9.17) is 9.84 Å². The SMILES string of the molecule is Cc1ccc(Cn2c(-c3ccc(-c4cccc(OCC(=O)O)c4)cc3)cc(C(F)(F)F)c(C#N)c2=O)c(C)c1. The van der Waals surface area contributed by atoms with Gasteiger partial charge in [-0.3, -0.25) is 4.79 Å². The number of carboxylic acid groups (broad SMARTS) is 1. The van der Waals surface area contributed by atoms with Gasteiger partial charge in [0.2, 0.25) is 0 Å². The van der Waals surface area contributed by atoms with Crippen molar-refractivity contribution in [2.24, 2.45) is 0 Å². The van der Waals surface area contributed by atoms with Gasteiger partial charge in [-0.1, -0.05) is 60.2 Å². The van der Waals surface area contributed by atoms with Crippen LogP contribution in [0.1, 0.15) is 27.8 Å². The molecule has 0 aliphatic carbocycles. The molecule has 1 aromatic heterocycles. The molecule has 4 aromatic rings. The van der Waals surface area contributed by atoms with Crippen LogP contribution in [0.5, 0.6) is 5.75 Å². The maximum absolute atomic E-state index is 13.9. The lowest BCUT2D eigenvalue weighted by Crippen LogP contribution is -2.29. The predicted octanol–water partition coefficient (Wildman–Crippen LogP) is 6.20. The number of nitriles is 1. The summed E-state index contributed by atoms with van der Waals surface area (Å²) in [6.07, 6.45) is -4.89. The molecule has 4 rings (SSSR count). The lowest BCUT2D eigenvalue weighted by atomic mass is 9.99. The van der Waals surface area contributed by atoms with Crippen LogP contribution in [0.25, 0.3) is 22.4 Å². The molecule has 0 saturated heterocycles. The third-order valence-corrected chi connectivity index (χ3v) is 6.25. The van der Waals surface area contributed by atoms with Crippen LogP contribution in [0.3, 0.4) is 0 Å². The zero-order valence-corrected chi connectivity index (χ0v) is 21.0. The zero-order chi connectivity index (χ0) is 28.3. The van der Waals surface area contributed by atoms with Crippen LogP contribution in [-0.2, 0) is 17.5 Å². The number of nitrogens with zero attached hydrogens (tertiary/aromatic N) is 2. The van der Waals surface area contributed by atoms with Crippen LogP contribution in [0.15, 0.2) is 77.6 Å². The van der Waals surface area contributed by atoms with Gasteiger partial charge < -0.3 is 14.4 Å². The molecule has 0 bridgehead atoms. The summed E-state index contributed by atoms with van der Waals surface area (Å²) in [7, 11) is 0. The number of aryl methyl sites for hydroxylation is 2. The first-order chi connectivity index (χ1) is 18.5. The molecule has 0 saturated carbocycles. The van der Waals surface area contributed by atoms with Crippen molar-refractivity contribution in [3.05, 3.63) is 111 Å². The molecule has 0 fully saturated rings. The van der Waals surface area contributed by atoms with Gasteiger partial charge in [0.25, 0.3) is 5.56 Å². The number of hydrogen-bond donors (Lipinski definition) is 1. The highest BCUT2D eigenvalue weighted by molar-refractivity contribution is 5.71. The van der Waals surface area contributed by atoms with Gasteiger partial charge in [-0.25, -0.2) is 4.79 Å². The number of rotatable bonds is 7. The largest absolute Gasteiger partial charge is 0.482 e. The van der Waals surface area contributed by atoms with E-state index in [1.165, 1.54) is 10.6 Å². The average Bonchev–Trinajstić information content (AvgIpc) is 2.89. The Bertz CT molecular complexity index is 1650. The number of benzene rings is 3. The maximum atomic E-state index is 13.9. The second-order valence-electron chi connectivity index (χ2n) is 9.04. The Hall–Kier alpha value is -4.84. The quantitative estimate of drug-likeness (QED) is 0.306. The molecule has 198 valence electrons. The maximum Gasteiger partial charge on any atom is 0.417 e. The Morgan fingerprint density at radius 1 is 0.974 bits per heavy atom. The van der Waals surface area contributed by atoms with Crippen molar-refractivity contribution in [2.45, 2.75) is 26.6 Å². The first-order valence-corrected chi connectivity index (χ1v) is 11.8. The molecule has 0 atom stereocenters. The molecule has 3 aromatic carbocycles. The smallest absolute Gasteiger partial charge is 0.417 e. The fourth-order valence-electron chi connectivity index (χ4n) is 4.31. The predicted molar refractivity (Wildman–Crippen MR) is 139 cm³/mol. The number of aliphatic carboxylic acids is 1. The van der Waals surface area contributed by atoms with Crippen LogP contribution in [0.4, 0.5) is 13.2 Å². The van der Waals surface area contributed by atoms with E-state index < -0.39 is 35.4 Å². The summed E-state index contributed by atoms with van der Waals surface area (Å²) in [5.74, 6) is -0.763. The van der Waals surface area contributed by atoms with Gasteiger partial charge in [-0.05, 0) is 59.9 Å². The third-order valence-electron chi connectivity index (χ3n) is 6.25. The Balaban J connectivity index is 1.82. The summed E-state index contributed by atoms with van der Waals surface area (Å²) >= 11 is 0. The molecule has 39 heavy (non-hydrogen) atoms. The summed E-state index contributed by atoms with van der Waals surface area (Å²) in [6.45, 7) is 3.25. The van der Waals surface area contributed by atoms with Crippen molar-refractivity contribution in [1.29, 1.82) is 5.26 Å². The minimum atomic E-state index is -4.89. The van der Waals surface area contributed by atoms with E-state index in [0.29, 0.717) is 22.4 Å². The molecule has 0 spiro atoms. The minimum absolute atomic E-state index is 0.0161. The molecule has 0 unspecified atom stereocenters. The summed E-state index contributed by atoms with van der Waals surface area (Å²) in [6, 6.07) is 21.2. The Morgan fingerprint density at radius 2 is 1.67 bits per heavy atom. The molecule has 0 aliphatic rings. The molecular weight excluding hydrogens is 509 g/mol. The summed E-state index contributed by atoms with van der Waals surface area (Å²) in [5, 5.41) is 18.3. The van der Waals surface area contributed by atoms with E-state index in [-0.39, 0.29) is 12.2 Å². The second kappa shape index (κ2) is 10.9. The van der Waals surface area contributed by atoms with Gasteiger partial charge in [-0.15, -0.1) is 0 Å². The van der Waals surface area contributed by atoms with Crippen LogP contribution in [0.2, 0.25) is 0 Å². The van der Waals surface area contributed by atoms with Gasteiger partial charge >= 0.3 is 12.1 Å². The van der Waals surface area contributed by atoms with E-state index in [2.05, 4.69) is 0 Å². The molecule has 9 heteroatoms. The van der Waals surface area contributed by atoms with Crippen molar-refractivity contribution in [1.82, 2.24) is 4.57 Å². The van der Waals surface area contributed by atoms with Crippen molar-refractivity contribution < 1.29 is 27.8 Å². The van der Waals surface area contributed by atoms with E-state index >= 15 is 0 Å². The van der Waals surface area contributed by atoms with Gasteiger partial charge in [0.1, 0.15) is 17.4 Å². The molecule has 6 nitrogen and oxygen atoms in total. The number of alkyl halides is 3. The van der Waals surface area contributed by atoms with Crippen LogP contribution in [0, 0.1) is 25.2 Å². The van der Waals surface area contributed by atoms with Gasteiger partial charge in [0.15, 0.2) is 6.61 Å².